The molecule has 8 heteroatoms. The summed E-state index contributed by atoms with van der Waals surface area (Å²) in [7, 11) is 0. The number of primary amides is 1. The Morgan fingerprint density at radius 2 is 2.04 bits per heavy atom. The van der Waals surface area contributed by atoms with Crippen molar-refractivity contribution >= 4 is 17.5 Å². The first-order valence-corrected chi connectivity index (χ1v) is 9.82. The van der Waals surface area contributed by atoms with E-state index < -0.39 is 17.6 Å². The van der Waals surface area contributed by atoms with E-state index in [1.54, 1.807) is 6.07 Å². The van der Waals surface area contributed by atoms with E-state index in [2.05, 4.69) is 10.00 Å². The van der Waals surface area contributed by atoms with Crippen molar-refractivity contribution in [2.45, 2.75) is 32.7 Å². The van der Waals surface area contributed by atoms with Gasteiger partial charge in [-0.3, -0.25) is 14.4 Å². The molecule has 1 aliphatic rings. The third kappa shape index (κ3) is 4.71. The Labute approximate surface area is 169 Å². The van der Waals surface area contributed by atoms with E-state index in [1.165, 1.54) is 12.1 Å². The van der Waals surface area contributed by atoms with Crippen molar-refractivity contribution in [1.82, 2.24) is 14.7 Å². The van der Waals surface area contributed by atoms with Crippen LogP contribution in [0, 0.1) is 19.7 Å². The first-order valence-electron chi connectivity index (χ1n) is 9.44. The average molecular weight is 409 g/mol. The van der Waals surface area contributed by atoms with Gasteiger partial charge in [0.1, 0.15) is 5.82 Å². The first kappa shape index (κ1) is 20.8. The molecule has 28 heavy (non-hydrogen) atoms. The Kier molecular flexibility index (Phi) is 6.69. The van der Waals surface area contributed by atoms with Gasteiger partial charge in [0.2, 0.25) is 5.91 Å². The van der Waals surface area contributed by atoms with Crippen LogP contribution in [-0.2, 0) is 22.5 Å². The molecule has 2 N–H and O–H groups in total. The second kappa shape index (κ2) is 9.03. The summed E-state index contributed by atoms with van der Waals surface area (Å²) in [5.41, 5.74) is 8.94. The molecule has 0 radical (unpaired) electrons. The van der Waals surface area contributed by atoms with Gasteiger partial charge in [-0.25, -0.2) is 4.39 Å². The molecule has 1 saturated heterocycles. The lowest BCUT2D eigenvalue weighted by Crippen LogP contribution is -2.38. The number of rotatable bonds is 7. The van der Waals surface area contributed by atoms with Crippen LogP contribution >= 0.6 is 11.6 Å². The highest BCUT2D eigenvalue weighted by Crippen LogP contribution is 2.30. The fraction of sp³-hybridized carbons (Fsp3) is 0.500. The van der Waals surface area contributed by atoms with Crippen LogP contribution in [-0.4, -0.2) is 53.4 Å². The third-order valence-corrected chi connectivity index (χ3v) is 5.65. The molecule has 0 saturated carbocycles. The van der Waals surface area contributed by atoms with Crippen LogP contribution in [0.4, 0.5) is 4.39 Å². The van der Waals surface area contributed by atoms with Crippen LogP contribution in [0.5, 0.6) is 0 Å². The maximum Gasteiger partial charge on any atom is 0.225 e. The molecule has 1 amide bonds. The van der Waals surface area contributed by atoms with Crippen molar-refractivity contribution in [2.75, 3.05) is 32.8 Å². The normalized spacial score (nSPS) is 16.3. The topological polar surface area (TPSA) is 73.4 Å². The van der Waals surface area contributed by atoms with Crippen LogP contribution in [0.2, 0.25) is 5.02 Å². The number of ether oxygens (including phenoxy) is 1. The fourth-order valence-corrected chi connectivity index (χ4v) is 3.99. The molecule has 152 valence electrons. The quantitative estimate of drug-likeness (QED) is 0.763. The van der Waals surface area contributed by atoms with Gasteiger partial charge in [-0.2, -0.15) is 5.10 Å². The van der Waals surface area contributed by atoms with E-state index in [0.717, 1.165) is 56.3 Å². The Hall–Kier alpha value is -1.96. The summed E-state index contributed by atoms with van der Waals surface area (Å²) in [6, 6.07) is 4.19. The summed E-state index contributed by atoms with van der Waals surface area (Å²) in [6.07, 6.45) is 0.311. The number of halogens is 2. The zero-order chi connectivity index (χ0) is 20.3. The minimum atomic E-state index is -0.569. The molecule has 0 bridgehead atoms. The van der Waals surface area contributed by atoms with Crippen LogP contribution in [0.3, 0.4) is 0 Å². The summed E-state index contributed by atoms with van der Waals surface area (Å²) in [6.45, 7) is 8.78. The molecule has 6 nitrogen and oxygen atoms in total. The largest absolute Gasteiger partial charge is 0.379 e. The van der Waals surface area contributed by atoms with Gasteiger partial charge in [0, 0.05) is 35.9 Å². The first-order chi connectivity index (χ1) is 13.4. The smallest absolute Gasteiger partial charge is 0.225 e. The molecule has 1 aromatic heterocycles. The summed E-state index contributed by atoms with van der Waals surface area (Å²) in [5, 5.41) is 4.93. The number of hydrogen-bond acceptors (Lipinski definition) is 4. The molecule has 0 aliphatic carbocycles. The van der Waals surface area contributed by atoms with Gasteiger partial charge >= 0.3 is 0 Å². The highest BCUT2D eigenvalue weighted by atomic mass is 35.5. The standard InChI is InChI=1S/C20H26ClFN4O2/c1-13-19(14(2)26(24-13)6-5-25-7-9-28-10-8-25)17(20(23)27)11-15-3-4-16(22)12-18(15)21/h3-4,12,17H,5-11H2,1-2H3,(H2,23,27). The van der Waals surface area contributed by atoms with Crippen molar-refractivity contribution in [3.8, 4) is 0 Å². The number of morpholine rings is 1. The zero-order valence-electron chi connectivity index (χ0n) is 16.3. The van der Waals surface area contributed by atoms with E-state index in [9.17, 15) is 9.18 Å². The number of benzene rings is 1. The highest BCUT2D eigenvalue weighted by Gasteiger charge is 2.27. The molecule has 1 atom stereocenters. The fourth-order valence-electron chi connectivity index (χ4n) is 3.75. The number of aromatic nitrogens is 2. The number of nitrogens with two attached hydrogens (primary N) is 1. The molecule has 1 aliphatic heterocycles. The van der Waals surface area contributed by atoms with Crippen molar-refractivity contribution in [3.05, 3.63) is 51.6 Å². The van der Waals surface area contributed by atoms with Gasteiger partial charge in [0.05, 0.1) is 31.4 Å². The summed E-state index contributed by atoms with van der Waals surface area (Å²) in [5.74, 6) is -1.42. The molecule has 2 heterocycles. The predicted molar refractivity (Wildman–Crippen MR) is 106 cm³/mol. The highest BCUT2D eigenvalue weighted by molar-refractivity contribution is 6.31. The van der Waals surface area contributed by atoms with E-state index in [0.29, 0.717) is 17.0 Å². The molecular weight excluding hydrogens is 383 g/mol. The molecule has 3 rings (SSSR count). The summed E-state index contributed by atoms with van der Waals surface area (Å²) >= 11 is 6.16. The van der Waals surface area contributed by atoms with Crippen LogP contribution in [0.25, 0.3) is 0 Å². The minimum Gasteiger partial charge on any atom is -0.379 e. The number of carbonyl (C=O) groups is 1. The molecule has 0 spiro atoms. The SMILES string of the molecule is Cc1nn(CCN2CCOCC2)c(C)c1C(Cc1ccc(F)cc1Cl)C(N)=O. The van der Waals surface area contributed by atoms with E-state index >= 15 is 0 Å². The number of carbonyl (C=O) groups excluding carboxylic acids is 1. The molecule has 1 aromatic carbocycles. The Morgan fingerprint density at radius 1 is 1.32 bits per heavy atom. The second-order valence-electron chi connectivity index (χ2n) is 7.16. The number of nitrogens with zero attached hydrogens (tertiary/aromatic N) is 3. The summed E-state index contributed by atoms with van der Waals surface area (Å²) < 4.78 is 20.6. The van der Waals surface area contributed by atoms with Gasteiger partial charge in [-0.15, -0.1) is 0 Å². The van der Waals surface area contributed by atoms with E-state index in [4.69, 9.17) is 22.1 Å². The van der Waals surface area contributed by atoms with Crippen molar-refractivity contribution in [2.24, 2.45) is 5.73 Å². The number of amides is 1. The van der Waals surface area contributed by atoms with Gasteiger partial charge in [-0.05, 0) is 38.0 Å². The van der Waals surface area contributed by atoms with Crippen LogP contribution < -0.4 is 5.73 Å². The van der Waals surface area contributed by atoms with Gasteiger partial charge in [0.15, 0.2) is 0 Å². The maximum absolute atomic E-state index is 13.3. The lowest BCUT2D eigenvalue weighted by atomic mass is 9.90. The van der Waals surface area contributed by atoms with E-state index in [-0.39, 0.29) is 0 Å². The predicted octanol–water partition coefficient (Wildman–Crippen LogP) is 2.44. The lowest BCUT2D eigenvalue weighted by molar-refractivity contribution is -0.119. The number of aryl methyl sites for hydroxylation is 1. The third-order valence-electron chi connectivity index (χ3n) is 5.30. The van der Waals surface area contributed by atoms with Crippen molar-refractivity contribution < 1.29 is 13.9 Å². The zero-order valence-corrected chi connectivity index (χ0v) is 17.0. The molecule has 2 aromatic rings. The lowest BCUT2D eigenvalue weighted by Gasteiger charge is -2.26. The minimum absolute atomic E-state index is 0.293. The van der Waals surface area contributed by atoms with Crippen molar-refractivity contribution in [3.63, 3.8) is 0 Å². The Morgan fingerprint density at radius 3 is 2.68 bits per heavy atom. The average Bonchev–Trinajstić information content (AvgIpc) is 2.94. The Balaban J connectivity index is 1.80. The van der Waals surface area contributed by atoms with Crippen LogP contribution in [0.1, 0.15) is 28.4 Å². The molecular formula is C20H26ClFN4O2. The second-order valence-corrected chi connectivity index (χ2v) is 7.56. The maximum atomic E-state index is 13.3. The van der Waals surface area contributed by atoms with Crippen molar-refractivity contribution in [1.29, 1.82) is 0 Å². The molecule has 1 fully saturated rings. The van der Waals surface area contributed by atoms with Gasteiger partial charge < -0.3 is 10.5 Å². The summed E-state index contributed by atoms with van der Waals surface area (Å²) in [4.78, 5) is 14.6. The Bertz CT molecular complexity index is 849. The van der Waals surface area contributed by atoms with Gasteiger partial charge in [0.25, 0.3) is 0 Å². The monoisotopic (exact) mass is 408 g/mol. The van der Waals surface area contributed by atoms with E-state index in [1.807, 2.05) is 18.5 Å². The number of hydrogen-bond donors (Lipinski definition) is 1. The van der Waals surface area contributed by atoms with Gasteiger partial charge in [-0.1, -0.05) is 17.7 Å². The molecule has 1 unspecified atom stereocenters. The van der Waals surface area contributed by atoms with Crippen LogP contribution in [0.15, 0.2) is 18.2 Å².